The maximum atomic E-state index is 5.97. The summed E-state index contributed by atoms with van der Waals surface area (Å²) in [5.41, 5.74) is 1.15. The lowest BCUT2D eigenvalue weighted by molar-refractivity contribution is -0.150. The molecule has 3 aliphatic rings. The van der Waals surface area contributed by atoms with Crippen LogP contribution in [0, 0.1) is 5.92 Å². The van der Waals surface area contributed by atoms with Gasteiger partial charge in [-0.15, -0.1) is 0 Å². The number of hydrogen-bond acceptors (Lipinski definition) is 3. The van der Waals surface area contributed by atoms with Crippen LogP contribution in [0.4, 0.5) is 0 Å². The van der Waals surface area contributed by atoms with Crippen molar-refractivity contribution in [2.75, 3.05) is 0 Å². The summed E-state index contributed by atoms with van der Waals surface area (Å²) in [6, 6.07) is 8.12. The Morgan fingerprint density at radius 2 is 2.06 bits per heavy atom. The van der Waals surface area contributed by atoms with E-state index in [-0.39, 0.29) is 6.29 Å². The topological polar surface area (TPSA) is 27.7 Å². The van der Waals surface area contributed by atoms with Crippen LogP contribution in [0.3, 0.4) is 0 Å². The molecule has 1 aromatic rings. The highest BCUT2D eigenvalue weighted by Gasteiger charge is 2.46. The van der Waals surface area contributed by atoms with Crippen molar-refractivity contribution in [1.82, 2.24) is 0 Å². The van der Waals surface area contributed by atoms with Crippen molar-refractivity contribution < 1.29 is 14.2 Å². The van der Waals surface area contributed by atoms with Crippen LogP contribution in [0.5, 0.6) is 5.75 Å². The zero-order valence-electron chi connectivity index (χ0n) is 9.67. The Labute approximate surface area is 101 Å². The lowest BCUT2D eigenvalue weighted by atomic mass is 9.88. The number of fused-ring (bicyclic) bond motifs is 3. The summed E-state index contributed by atoms with van der Waals surface area (Å²) in [5.74, 6) is 1.40. The minimum Gasteiger partial charge on any atom is -0.464 e. The van der Waals surface area contributed by atoms with Crippen molar-refractivity contribution in [2.24, 2.45) is 5.92 Å². The molecule has 0 saturated carbocycles. The van der Waals surface area contributed by atoms with Crippen molar-refractivity contribution in [3.63, 3.8) is 0 Å². The van der Waals surface area contributed by atoms with Crippen molar-refractivity contribution in [3.8, 4) is 5.75 Å². The van der Waals surface area contributed by atoms with E-state index in [4.69, 9.17) is 14.2 Å². The molecule has 3 nitrogen and oxygen atoms in total. The first-order valence-corrected chi connectivity index (χ1v) is 6.42. The van der Waals surface area contributed by atoms with Crippen LogP contribution in [0.15, 0.2) is 24.3 Å². The Balaban J connectivity index is 1.55. The van der Waals surface area contributed by atoms with Gasteiger partial charge in [-0.3, -0.25) is 0 Å². The van der Waals surface area contributed by atoms with Crippen LogP contribution in [0.2, 0.25) is 0 Å². The Morgan fingerprint density at radius 1 is 1.12 bits per heavy atom. The summed E-state index contributed by atoms with van der Waals surface area (Å²) in [4.78, 5) is 0. The van der Waals surface area contributed by atoms with Gasteiger partial charge in [0.05, 0.1) is 24.7 Å². The van der Waals surface area contributed by atoms with Crippen LogP contribution in [0.25, 0.3) is 0 Å². The third-order valence-corrected chi connectivity index (χ3v) is 4.12. The normalized spacial score (nSPS) is 38.8. The molecule has 3 heterocycles. The number of rotatable bonds is 1. The molecule has 2 bridgehead atoms. The highest BCUT2D eigenvalue weighted by atomic mass is 16.7. The first-order chi connectivity index (χ1) is 8.40. The van der Waals surface area contributed by atoms with Gasteiger partial charge in [0.15, 0.2) is 0 Å². The third-order valence-electron chi connectivity index (χ3n) is 4.12. The summed E-state index contributed by atoms with van der Waals surface area (Å²) in [5, 5.41) is 0. The van der Waals surface area contributed by atoms with E-state index >= 15 is 0 Å². The van der Waals surface area contributed by atoms with Crippen molar-refractivity contribution in [1.29, 1.82) is 0 Å². The van der Waals surface area contributed by atoms with Gasteiger partial charge in [-0.05, 0) is 25.3 Å². The van der Waals surface area contributed by atoms with Crippen LogP contribution in [-0.2, 0) is 16.1 Å². The summed E-state index contributed by atoms with van der Waals surface area (Å²) >= 11 is 0. The highest BCUT2D eigenvalue weighted by Crippen LogP contribution is 2.43. The molecule has 0 amide bonds. The minimum absolute atomic E-state index is 0.111. The molecule has 4 unspecified atom stereocenters. The predicted molar refractivity (Wildman–Crippen MR) is 61.6 cm³/mol. The smallest absolute Gasteiger partial charge is 0.205 e. The molecule has 0 spiro atoms. The summed E-state index contributed by atoms with van der Waals surface area (Å²) in [7, 11) is 0. The van der Waals surface area contributed by atoms with E-state index in [0.29, 0.717) is 24.7 Å². The van der Waals surface area contributed by atoms with Crippen LogP contribution in [0.1, 0.15) is 24.8 Å². The average Bonchev–Trinajstić information content (AvgIpc) is 3.00. The van der Waals surface area contributed by atoms with E-state index in [1.54, 1.807) is 0 Å². The molecule has 1 aromatic carbocycles. The Hall–Kier alpha value is -1.06. The first-order valence-electron chi connectivity index (χ1n) is 6.42. The zero-order valence-corrected chi connectivity index (χ0v) is 9.67. The van der Waals surface area contributed by atoms with Crippen molar-refractivity contribution in [3.05, 3.63) is 29.8 Å². The molecular weight excluding hydrogens is 216 g/mol. The highest BCUT2D eigenvalue weighted by molar-refractivity contribution is 5.33. The van der Waals surface area contributed by atoms with E-state index in [0.717, 1.165) is 17.7 Å². The first kappa shape index (κ1) is 9.92. The fraction of sp³-hybridized carbons (Fsp3) is 0.571. The van der Waals surface area contributed by atoms with Gasteiger partial charge >= 0.3 is 0 Å². The molecule has 0 aliphatic carbocycles. The molecule has 4 rings (SSSR count). The second-order valence-electron chi connectivity index (χ2n) is 5.18. The fourth-order valence-electron chi connectivity index (χ4n) is 3.24. The van der Waals surface area contributed by atoms with Gasteiger partial charge in [0, 0.05) is 5.56 Å². The molecule has 3 aliphatic heterocycles. The second-order valence-corrected chi connectivity index (χ2v) is 5.18. The quantitative estimate of drug-likeness (QED) is 0.744. The predicted octanol–water partition coefficient (Wildman–Crippen LogP) is 2.49. The van der Waals surface area contributed by atoms with Crippen LogP contribution in [-0.4, -0.2) is 18.5 Å². The summed E-state index contributed by atoms with van der Waals surface area (Å²) in [6.45, 7) is 0.661. The second kappa shape index (κ2) is 3.72. The molecule has 0 aromatic heterocycles. The lowest BCUT2D eigenvalue weighted by Crippen LogP contribution is -2.38. The third kappa shape index (κ3) is 1.57. The number of ether oxygens (including phenoxy) is 3. The van der Waals surface area contributed by atoms with Gasteiger partial charge in [0.1, 0.15) is 5.75 Å². The van der Waals surface area contributed by atoms with E-state index in [9.17, 15) is 0 Å². The zero-order chi connectivity index (χ0) is 11.2. The van der Waals surface area contributed by atoms with Gasteiger partial charge in [0.2, 0.25) is 6.29 Å². The minimum atomic E-state index is -0.111. The molecule has 90 valence electrons. The standard InChI is InChI=1S/C14H16O3/c1-2-4-12-9(3-1)8-15-14(17-12)11-7-10-5-6-13(11)16-10/h1-4,10-11,13-14H,5-8H2. The molecule has 0 N–H and O–H groups in total. The number of benzene rings is 1. The van der Waals surface area contributed by atoms with Gasteiger partial charge in [-0.2, -0.15) is 0 Å². The van der Waals surface area contributed by atoms with E-state index in [1.807, 2.05) is 18.2 Å². The Bertz CT molecular complexity index is 431. The van der Waals surface area contributed by atoms with Crippen molar-refractivity contribution in [2.45, 2.75) is 44.4 Å². The van der Waals surface area contributed by atoms with E-state index < -0.39 is 0 Å². The Morgan fingerprint density at radius 3 is 2.88 bits per heavy atom. The largest absolute Gasteiger partial charge is 0.464 e. The molecule has 4 atom stereocenters. The van der Waals surface area contributed by atoms with Crippen molar-refractivity contribution >= 4 is 0 Å². The lowest BCUT2D eigenvalue weighted by Gasteiger charge is -2.32. The van der Waals surface area contributed by atoms with Gasteiger partial charge in [-0.25, -0.2) is 0 Å². The maximum Gasteiger partial charge on any atom is 0.205 e. The SMILES string of the molecule is c1ccc2c(c1)COC(C1CC3CCC1O3)O2. The monoisotopic (exact) mass is 232 g/mol. The van der Waals surface area contributed by atoms with Gasteiger partial charge in [-0.1, -0.05) is 18.2 Å². The number of para-hydroxylation sites is 1. The molecule has 2 fully saturated rings. The Kier molecular flexibility index (Phi) is 2.17. The molecule has 17 heavy (non-hydrogen) atoms. The molecule has 2 saturated heterocycles. The number of hydrogen-bond donors (Lipinski definition) is 0. The summed E-state index contributed by atoms with van der Waals surface area (Å²) in [6.07, 6.45) is 4.17. The maximum absolute atomic E-state index is 5.97. The average molecular weight is 232 g/mol. The van der Waals surface area contributed by atoms with E-state index in [2.05, 4.69) is 6.07 Å². The summed E-state index contributed by atoms with van der Waals surface area (Å²) < 4.78 is 17.7. The molecule has 3 heteroatoms. The molecule has 0 radical (unpaired) electrons. The van der Waals surface area contributed by atoms with Crippen LogP contribution < -0.4 is 4.74 Å². The fourth-order valence-corrected chi connectivity index (χ4v) is 3.24. The van der Waals surface area contributed by atoms with Crippen LogP contribution >= 0.6 is 0 Å². The van der Waals surface area contributed by atoms with Gasteiger partial charge < -0.3 is 14.2 Å². The van der Waals surface area contributed by atoms with E-state index in [1.165, 1.54) is 12.8 Å². The molecular formula is C14H16O3. The van der Waals surface area contributed by atoms with Gasteiger partial charge in [0.25, 0.3) is 0 Å².